The molecule has 1 aliphatic heterocycles. The molecule has 3 nitrogen and oxygen atoms in total. The SMILES string of the molecule is COC1CCCN(CCNc2cccc(F)c2)C1. The second kappa shape index (κ2) is 6.71. The van der Waals surface area contributed by atoms with Gasteiger partial charge in [-0.15, -0.1) is 0 Å². The van der Waals surface area contributed by atoms with E-state index in [0.29, 0.717) is 6.10 Å². The van der Waals surface area contributed by atoms with Crippen LogP contribution in [0.2, 0.25) is 0 Å². The predicted octanol–water partition coefficient (Wildman–Crippen LogP) is 2.35. The fraction of sp³-hybridized carbons (Fsp3) is 0.571. The minimum absolute atomic E-state index is 0.197. The lowest BCUT2D eigenvalue weighted by Crippen LogP contribution is -2.41. The first-order valence-corrected chi connectivity index (χ1v) is 6.52. The van der Waals surface area contributed by atoms with Gasteiger partial charge in [-0.1, -0.05) is 6.07 Å². The highest BCUT2D eigenvalue weighted by atomic mass is 19.1. The Balaban J connectivity index is 1.72. The number of methoxy groups -OCH3 is 1. The molecule has 1 atom stereocenters. The number of hydrogen-bond acceptors (Lipinski definition) is 3. The normalized spacial score (nSPS) is 20.9. The van der Waals surface area contributed by atoms with E-state index in [2.05, 4.69) is 10.2 Å². The molecule has 0 aromatic heterocycles. The van der Waals surface area contributed by atoms with Gasteiger partial charge in [-0.3, -0.25) is 4.90 Å². The standard InChI is InChI=1S/C14H21FN2O/c1-18-14-6-3-8-17(11-14)9-7-16-13-5-2-4-12(15)10-13/h2,4-5,10,14,16H,3,6-9,11H2,1H3. The third-order valence-corrected chi connectivity index (χ3v) is 3.38. The Labute approximate surface area is 108 Å². The number of benzene rings is 1. The zero-order valence-electron chi connectivity index (χ0n) is 10.9. The van der Waals surface area contributed by atoms with Crippen molar-refractivity contribution < 1.29 is 9.13 Å². The van der Waals surface area contributed by atoms with E-state index in [1.807, 2.05) is 6.07 Å². The first-order valence-electron chi connectivity index (χ1n) is 6.52. The number of rotatable bonds is 5. The molecule has 0 amide bonds. The van der Waals surface area contributed by atoms with Crippen LogP contribution in [0, 0.1) is 5.82 Å². The minimum atomic E-state index is -0.197. The Morgan fingerprint density at radius 3 is 3.17 bits per heavy atom. The van der Waals surface area contributed by atoms with E-state index in [4.69, 9.17) is 4.74 Å². The number of hydrogen-bond donors (Lipinski definition) is 1. The molecule has 100 valence electrons. The number of halogens is 1. The molecule has 0 bridgehead atoms. The highest BCUT2D eigenvalue weighted by Crippen LogP contribution is 2.12. The van der Waals surface area contributed by atoms with Crippen LogP contribution in [0.25, 0.3) is 0 Å². The molecule has 1 N–H and O–H groups in total. The van der Waals surface area contributed by atoms with Crippen molar-refractivity contribution in [2.45, 2.75) is 18.9 Å². The first-order chi connectivity index (χ1) is 8.78. The number of anilines is 1. The Hall–Kier alpha value is -1.13. The van der Waals surface area contributed by atoms with Crippen molar-refractivity contribution in [1.82, 2.24) is 4.90 Å². The van der Waals surface area contributed by atoms with Gasteiger partial charge >= 0.3 is 0 Å². The van der Waals surface area contributed by atoms with Crippen molar-refractivity contribution in [2.24, 2.45) is 0 Å². The smallest absolute Gasteiger partial charge is 0.125 e. The molecule has 1 aliphatic rings. The molecule has 0 spiro atoms. The average molecular weight is 252 g/mol. The van der Waals surface area contributed by atoms with E-state index < -0.39 is 0 Å². The summed E-state index contributed by atoms with van der Waals surface area (Å²) in [5, 5.41) is 3.24. The van der Waals surface area contributed by atoms with Crippen LogP contribution in [0.15, 0.2) is 24.3 Å². The largest absolute Gasteiger partial charge is 0.384 e. The number of ether oxygens (including phenoxy) is 1. The Morgan fingerprint density at radius 2 is 2.39 bits per heavy atom. The van der Waals surface area contributed by atoms with Crippen molar-refractivity contribution >= 4 is 5.69 Å². The maximum atomic E-state index is 13.0. The number of nitrogens with one attached hydrogen (secondary N) is 1. The maximum Gasteiger partial charge on any atom is 0.125 e. The monoisotopic (exact) mass is 252 g/mol. The summed E-state index contributed by atoms with van der Waals surface area (Å²) in [6, 6.07) is 6.59. The third-order valence-electron chi connectivity index (χ3n) is 3.38. The highest BCUT2D eigenvalue weighted by Gasteiger charge is 2.18. The fourth-order valence-corrected chi connectivity index (χ4v) is 2.37. The van der Waals surface area contributed by atoms with E-state index in [1.54, 1.807) is 13.2 Å². The lowest BCUT2D eigenvalue weighted by molar-refractivity contribution is 0.0329. The van der Waals surface area contributed by atoms with Gasteiger partial charge in [-0.2, -0.15) is 0 Å². The van der Waals surface area contributed by atoms with Gasteiger partial charge in [-0.05, 0) is 37.6 Å². The summed E-state index contributed by atoms with van der Waals surface area (Å²) >= 11 is 0. The summed E-state index contributed by atoms with van der Waals surface area (Å²) in [6.45, 7) is 3.93. The summed E-state index contributed by atoms with van der Waals surface area (Å²) in [5.74, 6) is -0.197. The topological polar surface area (TPSA) is 24.5 Å². The number of likely N-dealkylation sites (tertiary alicyclic amines) is 1. The zero-order valence-corrected chi connectivity index (χ0v) is 10.9. The Morgan fingerprint density at radius 1 is 1.50 bits per heavy atom. The molecule has 4 heteroatoms. The molecule has 18 heavy (non-hydrogen) atoms. The lowest BCUT2D eigenvalue weighted by Gasteiger charge is -2.31. The summed E-state index contributed by atoms with van der Waals surface area (Å²) in [4.78, 5) is 2.39. The maximum absolute atomic E-state index is 13.0. The van der Waals surface area contributed by atoms with Gasteiger partial charge < -0.3 is 10.1 Å². The van der Waals surface area contributed by atoms with E-state index in [-0.39, 0.29) is 5.82 Å². The van der Waals surface area contributed by atoms with Crippen molar-refractivity contribution in [3.05, 3.63) is 30.1 Å². The number of piperidine rings is 1. The van der Waals surface area contributed by atoms with E-state index in [9.17, 15) is 4.39 Å². The molecular formula is C14H21FN2O. The minimum Gasteiger partial charge on any atom is -0.384 e. The second-order valence-electron chi connectivity index (χ2n) is 4.74. The summed E-state index contributed by atoms with van der Waals surface area (Å²) in [7, 11) is 1.78. The molecule has 0 radical (unpaired) electrons. The molecule has 1 fully saturated rings. The predicted molar refractivity (Wildman–Crippen MR) is 71.4 cm³/mol. The van der Waals surface area contributed by atoms with Crippen molar-refractivity contribution in [1.29, 1.82) is 0 Å². The van der Waals surface area contributed by atoms with Crippen LogP contribution < -0.4 is 5.32 Å². The third kappa shape index (κ3) is 3.96. The molecule has 1 saturated heterocycles. The van der Waals surface area contributed by atoms with Crippen LogP contribution in [0.5, 0.6) is 0 Å². The zero-order chi connectivity index (χ0) is 12.8. The van der Waals surface area contributed by atoms with E-state index >= 15 is 0 Å². The van der Waals surface area contributed by atoms with Gasteiger partial charge in [0.1, 0.15) is 5.82 Å². The van der Waals surface area contributed by atoms with Gasteiger partial charge in [0.05, 0.1) is 6.10 Å². The van der Waals surface area contributed by atoms with Gasteiger partial charge in [0.2, 0.25) is 0 Å². The summed E-state index contributed by atoms with van der Waals surface area (Å²) in [6.07, 6.45) is 2.72. The molecular weight excluding hydrogens is 231 g/mol. The molecule has 2 rings (SSSR count). The average Bonchev–Trinajstić information content (AvgIpc) is 2.39. The van der Waals surface area contributed by atoms with Crippen LogP contribution in [0.1, 0.15) is 12.8 Å². The van der Waals surface area contributed by atoms with Gasteiger partial charge in [0.25, 0.3) is 0 Å². The molecule has 0 saturated carbocycles. The van der Waals surface area contributed by atoms with Crippen molar-refractivity contribution in [3.8, 4) is 0 Å². The van der Waals surface area contributed by atoms with Crippen molar-refractivity contribution in [2.75, 3.05) is 38.6 Å². The molecule has 1 aromatic carbocycles. The van der Waals surface area contributed by atoms with Crippen LogP contribution in [-0.2, 0) is 4.74 Å². The molecule has 0 aliphatic carbocycles. The van der Waals surface area contributed by atoms with Crippen LogP contribution in [-0.4, -0.2) is 44.3 Å². The molecule has 1 aromatic rings. The van der Waals surface area contributed by atoms with Crippen molar-refractivity contribution in [3.63, 3.8) is 0 Å². The fourth-order valence-electron chi connectivity index (χ4n) is 2.37. The molecule has 1 heterocycles. The molecule has 1 unspecified atom stereocenters. The second-order valence-corrected chi connectivity index (χ2v) is 4.74. The first kappa shape index (κ1) is 13.3. The summed E-state index contributed by atoms with van der Waals surface area (Å²) in [5.41, 5.74) is 0.843. The lowest BCUT2D eigenvalue weighted by atomic mass is 10.1. The van der Waals surface area contributed by atoms with Gasteiger partial charge in [-0.25, -0.2) is 4.39 Å². The Kier molecular flexibility index (Phi) is 4.96. The highest BCUT2D eigenvalue weighted by molar-refractivity contribution is 5.42. The van der Waals surface area contributed by atoms with Gasteiger partial charge in [0, 0.05) is 32.4 Å². The number of nitrogens with zero attached hydrogens (tertiary/aromatic N) is 1. The Bertz CT molecular complexity index is 373. The van der Waals surface area contributed by atoms with Crippen LogP contribution in [0.4, 0.5) is 10.1 Å². The van der Waals surface area contributed by atoms with Gasteiger partial charge in [0.15, 0.2) is 0 Å². The van der Waals surface area contributed by atoms with Crippen LogP contribution in [0.3, 0.4) is 0 Å². The summed E-state index contributed by atoms with van der Waals surface area (Å²) < 4.78 is 18.4. The quantitative estimate of drug-likeness (QED) is 0.870. The van der Waals surface area contributed by atoms with E-state index in [1.165, 1.54) is 18.6 Å². The van der Waals surface area contributed by atoms with E-state index in [0.717, 1.165) is 38.3 Å². The van der Waals surface area contributed by atoms with Crippen LogP contribution >= 0.6 is 0 Å².